The highest BCUT2D eigenvalue weighted by Gasteiger charge is 2.24. The standard InChI is InChI=1S/C17H19N5O/c23-17(10-14-11-20-7-2-1-5-16(20)19-14)21-8-3-4-15(12-21)22-9-6-18-13-22/h1-2,5-7,9,11,13,15H,3-4,8,10,12H2. The molecule has 0 radical (unpaired) electrons. The molecule has 23 heavy (non-hydrogen) atoms. The molecule has 4 heterocycles. The highest BCUT2D eigenvalue weighted by atomic mass is 16.2. The van der Waals surface area contributed by atoms with Crippen LogP contribution in [-0.2, 0) is 11.2 Å². The van der Waals surface area contributed by atoms with Crippen molar-refractivity contribution in [1.82, 2.24) is 23.8 Å². The van der Waals surface area contributed by atoms with Crippen molar-refractivity contribution in [3.63, 3.8) is 0 Å². The number of carbonyl (C=O) groups is 1. The first-order valence-electron chi connectivity index (χ1n) is 7.97. The van der Waals surface area contributed by atoms with E-state index in [4.69, 9.17) is 0 Å². The van der Waals surface area contributed by atoms with E-state index in [0.717, 1.165) is 37.3 Å². The minimum Gasteiger partial charge on any atom is -0.340 e. The molecule has 0 saturated carbocycles. The van der Waals surface area contributed by atoms with Crippen LogP contribution in [0.1, 0.15) is 24.6 Å². The van der Waals surface area contributed by atoms with Gasteiger partial charge in [-0.15, -0.1) is 0 Å². The number of fused-ring (bicyclic) bond motifs is 1. The van der Waals surface area contributed by atoms with Crippen LogP contribution in [0.3, 0.4) is 0 Å². The van der Waals surface area contributed by atoms with Crippen LogP contribution in [-0.4, -0.2) is 42.8 Å². The maximum atomic E-state index is 12.6. The SMILES string of the molecule is O=C(Cc1cn2ccccc2n1)N1CCCC(n2ccnc2)C1. The quantitative estimate of drug-likeness (QED) is 0.743. The summed E-state index contributed by atoms with van der Waals surface area (Å²) in [5.74, 6) is 0.151. The molecule has 3 aromatic rings. The van der Waals surface area contributed by atoms with Gasteiger partial charge in [-0.2, -0.15) is 0 Å². The highest BCUT2D eigenvalue weighted by Crippen LogP contribution is 2.21. The average molecular weight is 309 g/mol. The van der Waals surface area contributed by atoms with Gasteiger partial charge in [-0.05, 0) is 25.0 Å². The molecule has 1 aliphatic heterocycles. The lowest BCUT2D eigenvalue weighted by atomic mass is 10.1. The predicted octanol–water partition coefficient (Wildman–Crippen LogP) is 1.94. The summed E-state index contributed by atoms with van der Waals surface area (Å²) >= 11 is 0. The fourth-order valence-electron chi connectivity index (χ4n) is 3.25. The first-order chi connectivity index (χ1) is 11.3. The van der Waals surface area contributed by atoms with Gasteiger partial charge in [0.2, 0.25) is 5.91 Å². The van der Waals surface area contributed by atoms with Crippen molar-refractivity contribution in [2.75, 3.05) is 13.1 Å². The lowest BCUT2D eigenvalue weighted by molar-refractivity contribution is -0.132. The van der Waals surface area contributed by atoms with Gasteiger partial charge in [0, 0.05) is 37.9 Å². The third-order valence-corrected chi connectivity index (χ3v) is 4.44. The van der Waals surface area contributed by atoms with E-state index in [1.165, 1.54) is 0 Å². The second-order valence-electron chi connectivity index (χ2n) is 6.02. The minimum absolute atomic E-state index is 0.151. The number of likely N-dealkylation sites (tertiary alicyclic amines) is 1. The summed E-state index contributed by atoms with van der Waals surface area (Å²) in [5, 5.41) is 0. The van der Waals surface area contributed by atoms with E-state index in [-0.39, 0.29) is 5.91 Å². The molecule has 6 nitrogen and oxygen atoms in total. The zero-order valence-electron chi connectivity index (χ0n) is 12.9. The predicted molar refractivity (Wildman–Crippen MR) is 86.0 cm³/mol. The van der Waals surface area contributed by atoms with Crippen molar-refractivity contribution in [3.8, 4) is 0 Å². The maximum Gasteiger partial charge on any atom is 0.228 e. The molecule has 6 heteroatoms. The molecule has 1 aliphatic rings. The van der Waals surface area contributed by atoms with Gasteiger partial charge in [-0.1, -0.05) is 6.07 Å². The van der Waals surface area contributed by atoms with Crippen LogP contribution in [0.15, 0.2) is 49.3 Å². The minimum atomic E-state index is 0.151. The van der Waals surface area contributed by atoms with Gasteiger partial charge >= 0.3 is 0 Å². The molecule has 1 unspecified atom stereocenters. The Hall–Kier alpha value is -2.63. The lowest BCUT2D eigenvalue weighted by Gasteiger charge is -2.33. The Morgan fingerprint density at radius 3 is 3.09 bits per heavy atom. The largest absolute Gasteiger partial charge is 0.340 e. The first kappa shape index (κ1) is 14.0. The molecule has 0 bridgehead atoms. The van der Waals surface area contributed by atoms with E-state index in [9.17, 15) is 4.79 Å². The topological polar surface area (TPSA) is 55.4 Å². The molecule has 0 N–H and O–H groups in total. The Balaban J connectivity index is 1.45. The molecule has 0 aliphatic carbocycles. The number of piperidine rings is 1. The Morgan fingerprint density at radius 2 is 2.26 bits per heavy atom. The molecule has 3 aromatic heterocycles. The number of imidazole rings is 2. The number of aromatic nitrogens is 4. The summed E-state index contributed by atoms with van der Waals surface area (Å²) in [7, 11) is 0. The van der Waals surface area contributed by atoms with E-state index in [1.54, 1.807) is 6.20 Å². The van der Waals surface area contributed by atoms with Gasteiger partial charge in [-0.3, -0.25) is 4.79 Å². The second-order valence-corrected chi connectivity index (χ2v) is 6.02. The molecule has 0 spiro atoms. The van der Waals surface area contributed by atoms with Crippen LogP contribution >= 0.6 is 0 Å². The Kier molecular flexibility index (Phi) is 3.57. The smallest absolute Gasteiger partial charge is 0.228 e. The zero-order chi connectivity index (χ0) is 15.6. The summed E-state index contributed by atoms with van der Waals surface area (Å²) < 4.78 is 4.05. The second kappa shape index (κ2) is 5.87. The fourth-order valence-corrected chi connectivity index (χ4v) is 3.25. The van der Waals surface area contributed by atoms with Crippen LogP contribution in [0.5, 0.6) is 0 Å². The summed E-state index contributed by atoms with van der Waals surface area (Å²) in [6.45, 7) is 1.58. The van der Waals surface area contributed by atoms with Crippen LogP contribution in [0.2, 0.25) is 0 Å². The van der Waals surface area contributed by atoms with Gasteiger partial charge in [0.1, 0.15) is 5.65 Å². The number of pyridine rings is 1. The number of hydrogen-bond acceptors (Lipinski definition) is 3. The fraction of sp³-hybridized carbons (Fsp3) is 0.353. The number of amides is 1. The number of hydrogen-bond donors (Lipinski definition) is 0. The number of nitrogens with zero attached hydrogens (tertiary/aromatic N) is 5. The summed E-state index contributed by atoms with van der Waals surface area (Å²) in [5.41, 5.74) is 1.70. The number of rotatable bonds is 3. The zero-order valence-corrected chi connectivity index (χ0v) is 12.9. The van der Waals surface area contributed by atoms with E-state index < -0.39 is 0 Å². The van der Waals surface area contributed by atoms with Crippen molar-refractivity contribution in [2.45, 2.75) is 25.3 Å². The van der Waals surface area contributed by atoms with E-state index in [0.29, 0.717) is 12.5 Å². The molecule has 1 atom stereocenters. The maximum absolute atomic E-state index is 12.6. The lowest BCUT2D eigenvalue weighted by Crippen LogP contribution is -2.41. The third-order valence-electron chi connectivity index (χ3n) is 4.44. The molecule has 118 valence electrons. The molecular weight excluding hydrogens is 290 g/mol. The van der Waals surface area contributed by atoms with Gasteiger partial charge in [0.25, 0.3) is 0 Å². The Bertz CT molecular complexity index is 774. The Morgan fingerprint density at radius 1 is 1.30 bits per heavy atom. The monoisotopic (exact) mass is 309 g/mol. The summed E-state index contributed by atoms with van der Waals surface area (Å²) in [6.07, 6.45) is 12.0. The van der Waals surface area contributed by atoms with Crippen LogP contribution in [0.4, 0.5) is 0 Å². The van der Waals surface area contributed by atoms with Crippen LogP contribution in [0.25, 0.3) is 5.65 Å². The summed E-state index contributed by atoms with van der Waals surface area (Å²) in [4.78, 5) is 23.2. The third kappa shape index (κ3) is 2.84. The summed E-state index contributed by atoms with van der Waals surface area (Å²) in [6, 6.07) is 6.19. The van der Waals surface area contributed by atoms with Gasteiger partial charge in [0.05, 0.1) is 24.5 Å². The van der Waals surface area contributed by atoms with Crippen molar-refractivity contribution in [1.29, 1.82) is 0 Å². The molecule has 1 fully saturated rings. The molecule has 1 amide bonds. The van der Waals surface area contributed by atoms with Crippen LogP contribution < -0.4 is 0 Å². The van der Waals surface area contributed by atoms with Gasteiger partial charge in [0.15, 0.2) is 0 Å². The molecule has 0 aromatic carbocycles. The normalized spacial score (nSPS) is 18.4. The molecule has 4 rings (SSSR count). The number of carbonyl (C=O) groups excluding carboxylic acids is 1. The van der Waals surface area contributed by atoms with Gasteiger partial charge in [-0.25, -0.2) is 9.97 Å². The van der Waals surface area contributed by atoms with E-state index in [1.807, 2.05) is 52.4 Å². The Labute approximate surface area is 134 Å². The average Bonchev–Trinajstić information content (AvgIpc) is 3.24. The highest BCUT2D eigenvalue weighted by molar-refractivity contribution is 5.78. The van der Waals surface area contributed by atoms with Crippen molar-refractivity contribution >= 4 is 11.6 Å². The van der Waals surface area contributed by atoms with E-state index in [2.05, 4.69) is 14.5 Å². The van der Waals surface area contributed by atoms with Crippen molar-refractivity contribution in [2.24, 2.45) is 0 Å². The van der Waals surface area contributed by atoms with Crippen molar-refractivity contribution in [3.05, 3.63) is 55.0 Å². The first-order valence-corrected chi connectivity index (χ1v) is 7.97. The van der Waals surface area contributed by atoms with E-state index >= 15 is 0 Å². The van der Waals surface area contributed by atoms with Gasteiger partial charge < -0.3 is 13.9 Å². The molecule has 1 saturated heterocycles. The van der Waals surface area contributed by atoms with Crippen molar-refractivity contribution < 1.29 is 4.79 Å². The molecular formula is C17H19N5O. The van der Waals surface area contributed by atoms with Crippen LogP contribution in [0, 0.1) is 0 Å².